The van der Waals surface area contributed by atoms with Crippen LogP contribution in [0.4, 0.5) is 11.8 Å². The second-order valence-corrected chi connectivity index (χ2v) is 5.62. The van der Waals surface area contributed by atoms with Crippen LogP contribution in [0.15, 0.2) is 24.3 Å². The van der Waals surface area contributed by atoms with Gasteiger partial charge >= 0.3 is 0 Å². The zero-order valence-electron chi connectivity index (χ0n) is 12.3. The van der Waals surface area contributed by atoms with Crippen LogP contribution < -0.4 is 10.6 Å². The van der Waals surface area contributed by atoms with E-state index in [0.717, 1.165) is 42.4 Å². The molecule has 5 nitrogen and oxygen atoms in total. The van der Waals surface area contributed by atoms with Crippen molar-refractivity contribution >= 4 is 22.7 Å². The lowest BCUT2D eigenvalue weighted by Crippen LogP contribution is -2.33. The number of rotatable bonds is 3. The van der Waals surface area contributed by atoms with E-state index in [9.17, 15) is 5.11 Å². The normalized spacial score (nSPS) is 22.8. The first-order valence-corrected chi connectivity index (χ1v) is 7.67. The van der Waals surface area contributed by atoms with E-state index in [2.05, 4.69) is 20.6 Å². The molecule has 1 heterocycles. The number of aromatic nitrogens is 2. The Hall–Kier alpha value is -1.88. The molecule has 21 heavy (non-hydrogen) atoms. The number of anilines is 2. The lowest BCUT2D eigenvalue weighted by atomic mass is 10.1. The largest absolute Gasteiger partial charge is 0.391 e. The van der Waals surface area contributed by atoms with Crippen molar-refractivity contribution in [3.63, 3.8) is 0 Å². The molecule has 112 valence electrons. The smallest absolute Gasteiger partial charge is 0.224 e. The first-order valence-electron chi connectivity index (χ1n) is 7.67. The summed E-state index contributed by atoms with van der Waals surface area (Å²) in [7, 11) is 1.81. The summed E-state index contributed by atoms with van der Waals surface area (Å²) in [5.41, 5.74) is 0.905. The average molecular weight is 286 g/mol. The number of hydrogen-bond donors (Lipinski definition) is 3. The molecule has 0 aliphatic heterocycles. The third-order valence-electron chi connectivity index (χ3n) is 4.13. The summed E-state index contributed by atoms with van der Waals surface area (Å²) in [6, 6.07) is 8.01. The van der Waals surface area contributed by atoms with Crippen molar-refractivity contribution in [2.24, 2.45) is 0 Å². The molecule has 0 saturated heterocycles. The molecule has 1 aromatic heterocycles. The molecule has 0 bridgehead atoms. The van der Waals surface area contributed by atoms with E-state index >= 15 is 0 Å². The monoisotopic (exact) mass is 286 g/mol. The van der Waals surface area contributed by atoms with Crippen LogP contribution in [0.3, 0.4) is 0 Å². The molecule has 3 rings (SSSR count). The Morgan fingerprint density at radius 2 is 1.90 bits per heavy atom. The van der Waals surface area contributed by atoms with E-state index in [1.807, 2.05) is 31.3 Å². The predicted molar refractivity (Wildman–Crippen MR) is 85.6 cm³/mol. The molecule has 1 fully saturated rings. The van der Waals surface area contributed by atoms with Gasteiger partial charge in [0.05, 0.1) is 17.7 Å². The molecule has 1 aliphatic rings. The van der Waals surface area contributed by atoms with Gasteiger partial charge in [-0.25, -0.2) is 4.98 Å². The van der Waals surface area contributed by atoms with Crippen LogP contribution in [0, 0.1) is 0 Å². The summed E-state index contributed by atoms with van der Waals surface area (Å²) in [4.78, 5) is 8.99. The van der Waals surface area contributed by atoms with Crippen molar-refractivity contribution in [2.75, 3.05) is 17.7 Å². The summed E-state index contributed by atoms with van der Waals surface area (Å²) in [5.74, 6) is 1.40. The summed E-state index contributed by atoms with van der Waals surface area (Å²) < 4.78 is 0. The summed E-state index contributed by atoms with van der Waals surface area (Å²) in [6.07, 6.45) is 4.98. The molecule has 1 aromatic carbocycles. The fourth-order valence-electron chi connectivity index (χ4n) is 2.93. The highest BCUT2D eigenvalue weighted by molar-refractivity contribution is 5.90. The number of aliphatic hydroxyl groups is 1. The van der Waals surface area contributed by atoms with Crippen LogP contribution in [0.5, 0.6) is 0 Å². The second-order valence-electron chi connectivity index (χ2n) is 5.62. The molecular weight excluding hydrogens is 264 g/mol. The van der Waals surface area contributed by atoms with Crippen molar-refractivity contribution in [2.45, 2.75) is 44.2 Å². The molecular formula is C16H22N4O. The van der Waals surface area contributed by atoms with Crippen molar-refractivity contribution in [1.82, 2.24) is 9.97 Å². The van der Waals surface area contributed by atoms with Gasteiger partial charge < -0.3 is 15.7 Å². The minimum Gasteiger partial charge on any atom is -0.391 e. The second kappa shape index (κ2) is 6.26. The molecule has 2 unspecified atom stereocenters. The topological polar surface area (TPSA) is 70.1 Å². The van der Waals surface area contributed by atoms with Crippen molar-refractivity contribution in [3.05, 3.63) is 24.3 Å². The van der Waals surface area contributed by atoms with E-state index in [0.29, 0.717) is 5.95 Å². The Balaban J connectivity index is 1.94. The Bertz CT molecular complexity index is 616. The summed E-state index contributed by atoms with van der Waals surface area (Å²) in [6.45, 7) is 0. The lowest BCUT2D eigenvalue weighted by Gasteiger charge is -2.23. The van der Waals surface area contributed by atoms with Gasteiger partial charge in [0.15, 0.2) is 0 Å². The van der Waals surface area contributed by atoms with Gasteiger partial charge in [-0.1, -0.05) is 31.4 Å². The molecule has 0 spiro atoms. The number of benzene rings is 1. The first kappa shape index (κ1) is 14.1. The van der Waals surface area contributed by atoms with Crippen LogP contribution in [-0.2, 0) is 0 Å². The number of fused-ring (bicyclic) bond motifs is 1. The van der Waals surface area contributed by atoms with Gasteiger partial charge in [-0.3, -0.25) is 0 Å². The number of nitrogens with zero attached hydrogens (tertiary/aromatic N) is 2. The minimum absolute atomic E-state index is 0.0653. The maximum Gasteiger partial charge on any atom is 0.224 e. The van der Waals surface area contributed by atoms with E-state index in [-0.39, 0.29) is 12.1 Å². The molecule has 1 aliphatic carbocycles. The number of hydrogen-bond acceptors (Lipinski definition) is 5. The number of para-hydroxylation sites is 1. The first-order chi connectivity index (χ1) is 10.3. The fraction of sp³-hybridized carbons (Fsp3) is 0.500. The van der Waals surface area contributed by atoms with Gasteiger partial charge in [-0.2, -0.15) is 4.98 Å². The highest BCUT2D eigenvalue weighted by Gasteiger charge is 2.22. The highest BCUT2D eigenvalue weighted by Crippen LogP contribution is 2.26. The van der Waals surface area contributed by atoms with Crippen LogP contribution in [0.25, 0.3) is 10.9 Å². The highest BCUT2D eigenvalue weighted by atomic mass is 16.3. The fourth-order valence-corrected chi connectivity index (χ4v) is 2.93. The van der Waals surface area contributed by atoms with Gasteiger partial charge in [0, 0.05) is 12.4 Å². The SMILES string of the molecule is CNc1nc(NC2CCCCCC2O)c2ccccc2n1. The van der Waals surface area contributed by atoms with Crippen molar-refractivity contribution < 1.29 is 5.11 Å². The number of nitrogens with one attached hydrogen (secondary N) is 2. The quantitative estimate of drug-likeness (QED) is 0.757. The van der Waals surface area contributed by atoms with Crippen LogP contribution in [-0.4, -0.2) is 34.3 Å². The van der Waals surface area contributed by atoms with E-state index in [1.54, 1.807) is 0 Å². The molecule has 2 atom stereocenters. The zero-order valence-corrected chi connectivity index (χ0v) is 12.3. The maximum absolute atomic E-state index is 10.3. The van der Waals surface area contributed by atoms with Gasteiger partial charge in [-0.05, 0) is 25.0 Å². The zero-order chi connectivity index (χ0) is 14.7. The van der Waals surface area contributed by atoms with Crippen LogP contribution in [0.2, 0.25) is 0 Å². The Morgan fingerprint density at radius 1 is 1.10 bits per heavy atom. The third kappa shape index (κ3) is 3.08. The molecule has 0 radical (unpaired) electrons. The van der Waals surface area contributed by atoms with Gasteiger partial charge in [-0.15, -0.1) is 0 Å². The minimum atomic E-state index is -0.306. The van der Waals surface area contributed by atoms with Crippen LogP contribution in [0.1, 0.15) is 32.1 Å². The Kier molecular flexibility index (Phi) is 4.20. The molecule has 2 aromatic rings. The van der Waals surface area contributed by atoms with Gasteiger partial charge in [0.1, 0.15) is 5.82 Å². The van der Waals surface area contributed by atoms with Gasteiger partial charge in [0.25, 0.3) is 0 Å². The molecule has 1 saturated carbocycles. The standard InChI is InChI=1S/C16H22N4O/c1-17-16-19-12-8-6-5-7-11(12)15(20-16)18-13-9-3-2-4-10-14(13)21/h5-8,13-14,21H,2-4,9-10H2,1H3,(H2,17,18,19,20). The Labute approximate surface area is 124 Å². The van der Waals surface area contributed by atoms with Crippen molar-refractivity contribution in [3.8, 4) is 0 Å². The predicted octanol–water partition coefficient (Wildman–Crippen LogP) is 2.78. The van der Waals surface area contributed by atoms with E-state index in [1.165, 1.54) is 6.42 Å². The van der Waals surface area contributed by atoms with E-state index < -0.39 is 0 Å². The number of aliphatic hydroxyl groups excluding tert-OH is 1. The molecule has 0 amide bonds. The van der Waals surface area contributed by atoms with Crippen LogP contribution >= 0.6 is 0 Å². The lowest BCUT2D eigenvalue weighted by molar-refractivity contribution is 0.144. The average Bonchev–Trinajstić information content (AvgIpc) is 2.72. The molecule has 3 N–H and O–H groups in total. The molecule has 5 heteroatoms. The third-order valence-corrected chi connectivity index (χ3v) is 4.13. The summed E-state index contributed by atoms with van der Waals surface area (Å²) in [5, 5.41) is 17.7. The van der Waals surface area contributed by atoms with E-state index in [4.69, 9.17) is 0 Å². The maximum atomic E-state index is 10.3. The van der Waals surface area contributed by atoms with Crippen molar-refractivity contribution in [1.29, 1.82) is 0 Å². The summed E-state index contributed by atoms with van der Waals surface area (Å²) >= 11 is 0. The van der Waals surface area contributed by atoms with Gasteiger partial charge in [0.2, 0.25) is 5.95 Å². The Morgan fingerprint density at radius 3 is 2.76 bits per heavy atom.